The van der Waals surface area contributed by atoms with Gasteiger partial charge in [0.15, 0.2) is 0 Å². The lowest BCUT2D eigenvalue weighted by Crippen LogP contribution is -2.42. The number of halogens is 3. The molecule has 0 radical (unpaired) electrons. The molecule has 1 fully saturated rings. The van der Waals surface area contributed by atoms with Crippen LogP contribution in [0.15, 0.2) is 45.8 Å². The Kier molecular flexibility index (Phi) is 8.44. The minimum absolute atomic E-state index is 0.260. The van der Waals surface area contributed by atoms with E-state index in [9.17, 15) is 14.4 Å². The third kappa shape index (κ3) is 5.82. The Balaban J connectivity index is 1.78. The second-order valence-electron chi connectivity index (χ2n) is 6.48. The van der Waals surface area contributed by atoms with Crippen LogP contribution in [0.3, 0.4) is 0 Å². The standard InChI is InChI=1S/C21H16BrI2NO5S/c1-11(20(27)29-2)25-19(26)17(31-21(25)28)9-13-7-15(23)18(16(24)8-13)30-10-12-3-5-14(22)6-4-12/h3-9,11H,10H2,1-2H3/b17-9+/t11-/m0/s1. The fourth-order valence-electron chi connectivity index (χ4n) is 2.78. The maximum absolute atomic E-state index is 12.7. The third-order valence-electron chi connectivity index (χ3n) is 4.37. The van der Waals surface area contributed by atoms with Crippen LogP contribution < -0.4 is 4.74 Å². The van der Waals surface area contributed by atoms with Crippen molar-refractivity contribution in [2.24, 2.45) is 0 Å². The second kappa shape index (κ2) is 10.7. The Morgan fingerprint density at radius 3 is 2.39 bits per heavy atom. The maximum atomic E-state index is 12.7. The van der Waals surface area contributed by atoms with Gasteiger partial charge in [0.05, 0.1) is 19.2 Å². The zero-order chi connectivity index (χ0) is 22.7. The van der Waals surface area contributed by atoms with Crippen molar-refractivity contribution in [2.45, 2.75) is 19.6 Å². The summed E-state index contributed by atoms with van der Waals surface area (Å²) in [4.78, 5) is 37.9. The van der Waals surface area contributed by atoms with Crippen LogP contribution >= 0.6 is 72.9 Å². The molecule has 0 bridgehead atoms. The fraction of sp³-hybridized carbons (Fsp3) is 0.190. The number of benzene rings is 2. The van der Waals surface area contributed by atoms with Crippen molar-refractivity contribution in [1.82, 2.24) is 4.90 Å². The van der Waals surface area contributed by atoms with Crippen molar-refractivity contribution < 1.29 is 23.9 Å². The van der Waals surface area contributed by atoms with Crippen LogP contribution in [0.1, 0.15) is 18.1 Å². The van der Waals surface area contributed by atoms with Crippen LogP contribution in [0.25, 0.3) is 6.08 Å². The number of carbonyl (C=O) groups excluding carboxylic acids is 3. The summed E-state index contributed by atoms with van der Waals surface area (Å²) in [5.74, 6) is -0.387. The Morgan fingerprint density at radius 1 is 1.19 bits per heavy atom. The summed E-state index contributed by atoms with van der Waals surface area (Å²) in [6.07, 6.45) is 1.65. The second-order valence-corrected chi connectivity index (χ2v) is 10.7. The molecule has 1 heterocycles. The normalized spacial score (nSPS) is 16.0. The molecule has 2 amide bonds. The number of rotatable bonds is 6. The number of nitrogens with zero attached hydrogens (tertiary/aromatic N) is 1. The molecular formula is C21H16BrI2NO5S. The SMILES string of the molecule is COC(=O)[C@H](C)N1C(=O)S/C(=C/c2cc(I)c(OCc3ccc(Br)cc3)c(I)c2)C1=O. The van der Waals surface area contributed by atoms with Crippen molar-refractivity contribution in [1.29, 1.82) is 0 Å². The van der Waals surface area contributed by atoms with E-state index in [0.29, 0.717) is 6.61 Å². The smallest absolute Gasteiger partial charge is 0.328 e. The van der Waals surface area contributed by atoms with Gasteiger partial charge in [0.25, 0.3) is 11.1 Å². The van der Waals surface area contributed by atoms with Crippen LogP contribution in [-0.4, -0.2) is 35.2 Å². The first-order valence-electron chi connectivity index (χ1n) is 8.92. The van der Waals surface area contributed by atoms with Gasteiger partial charge in [0.1, 0.15) is 18.4 Å². The summed E-state index contributed by atoms with van der Waals surface area (Å²) in [6.45, 7) is 1.90. The van der Waals surface area contributed by atoms with Crippen LogP contribution in [0, 0.1) is 7.14 Å². The van der Waals surface area contributed by atoms with E-state index >= 15 is 0 Å². The first-order chi connectivity index (χ1) is 14.7. The molecule has 0 saturated carbocycles. The van der Waals surface area contributed by atoms with Crippen LogP contribution in [0.4, 0.5) is 4.79 Å². The highest BCUT2D eigenvalue weighted by molar-refractivity contribution is 14.1. The van der Waals surface area contributed by atoms with E-state index in [0.717, 1.165) is 45.2 Å². The van der Waals surface area contributed by atoms with Crippen LogP contribution in [0.2, 0.25) is 0 Å². The summed E-state index contributed by atoms with van der Waals surface area (Å²) in [5.41, 5.74) is 1.81. The lowest BCUT2D eigenvalue weighted by Gasteiger charge is -2.18. The van der Waals surface area contributed by atoms with E-state index in [2.05, 4.69) is 65.8 Å². The van der Waals surface area contributed by atoms with Gasteiger partial charge in [-0.2, -0.15) is 0 Å². The lowest BCUT2D eigenvalue weighted by atomic mass is 10.2. The van der Waals surface area contributed by atoms with Gasteiger partial charge >= 0.3 is 5.97 Å². The number of hydrogen-bond acceptors (Lipinski definition) is 6. The van der Waals surface area contributed by atoms with Crippen LogP contribution in [-0.2, 0) is 20.9 Å². The Hall–Kier alpha value is -1.12. The molecule has 1 aliphatic rings. The zero-order valence-electron chi connectivity index (χ0n) is 16.4. The van der Waals surface area contributed by atoms with Gasteiger partial charge in [-0.1, -0.05) is 28.1 Å². The van der Waals surface area contributed by atoms with E-state index in [1.807, 2.05) is 36.4 Å². The predicted octanol–water partition coefficient (Wildman–Crippen LogP) is 5.84. The summed E-state index contributed by atoms with van der Waals surface area (Å²) in [5, 5.41) is -0.493. The largest absolute Gasteiger partial charge is 0.487 e. The van der Waals surface area contributed by atoms with Crippen molar-refractivity contribution in [2.75, 3.05) is 7.11 Å². The molecule has 31 heavy (non-hydrogen) atoms. The number of imide groups is 1. The topological polar surface area (TPSA) is 72.9 Å². The quantitative estimate of drug-likeness (QED) is 0.212. The van der Waals surface area contributed by atoms with Gasteiger partial charge in [-0.25, -0.2) is 4.79 Å². The number of carbonyl (C=O) groups is 3. The van der Waals surface area contributed by atoms with Gasteiger partial charge < -0.3 is 9.47 Å². The fourth-order valence-corrected chi connectivity index (χ4v) is 6.08. The molecule has 0 unspecified atom stereocenters. The molecule has 1 aliphatic heterocycles. The zero-order valence-corrected chi connectivity index (χ0v) is 23.1. The summed E-state index contributed by atoms with van der Waals surface area (Å²) < 4.78 is 13.4. The number of methoxy groups -OCH3 is 1. The maximum Gasteiger partial charge on any atom is 0.328 e. The molecule has 2 aromatic carbocycles. The van der Waals surface area contributed by atoms with Gasteiger partial charge in [-0.15, -0.1) is 0 Å². The molecule has 2 aromatic rings. The first-order valence-corrected chi connectivity index (χ1v) is 12.7. The van der Waals surface area contributed by atoms with Gasteiger partial charge in [0, 0.05) is 4.47 Å². The van der Waals surface area contributed by atoms with Crippen molar-refractivity contribution in [3.05, 3.63) is 64.0 Å². The predicted molar refractivity (Wildman–Crippen MR) is 140 cm³/mol. The molecule has 1 atom stereocenters. The average molecular weight is 728 g/mol. The number of hydrogen-bond donors (Lipinski definition) is 0. The number of amides is 2. The molecule has 10 heteroatoms. The van der Waals surface area contributed by atoms with Crippen molar-refractivity contribution in [3.8, 4) is 5.75 Å². The van der Waals surface area contributed by atoms with E-state index in [4.69, 9.17) is 4.74 Å². The van der Waals surface area contributed by atoms with Crippen LogP contribution in [0.5, 0.6) is 5.75 Å². The van der Waals surface area contributed by atoms with E-state index in [1.54, 1.807) is 6.08 Å². The number of ether oxygens (including phenoxy) is 2. The molecule has 0 aliphatic carbocycles. The van der Waals surface area contributed by atoms with Gasteiger partial charge in [-0.3, -0.25) is 14.5 Å². The Morgan fingerprint density at radius 2 is 1.81 bits per heavy atom. The summed E-state index contributed by atoms with van der Waals surface area (Å²) in [7, 11) is 1.22. The Labute approximate surface area is 219 Å². The highest BCUT2D eigenvalue weighted by atomic mass is 127. The summed E-state index contributed by atoms with van der Waals surface area (Å²) in [6, 6.07) is 10.7. The molecule has 162 valence electrons. The molecule has 0 aromatic heterocycles. The first kappa shape index (κ1) is 24.5. The van der Waals surface area contributed by atoms with E-state index in [1.165, 1.54) is 14.0 Å². The Bertz CT molecular complexity index is 1050. The highest BCUT2D eigenvalue weighted by Gasteiger charge is 2.41. The lowest BCUT2D eigenvalue weighted by molar-refractivity contribution is -0.148. The number of esters is 1. The van der Waals surface area contributed by atoms with Crippen molar-refractivity contribution >= 4 is 96.1 Å². The average Bonchev–Trinajstić information content (AvgIpc) is 3.00. The molecule has 3 rings (SSSR count). The molecule has 0 spiro atoms. The van der Waals surface area contributed by atoms with Gasteiger partial charge in [0.2, 0.25) is 0 Å². The van der Waals surface area contributed by atoms with E-state index in [-0.39, 0.29) is 4.91 Å². The number of thioether (sulfide) groups is 1. The highest BCUT2D eigenvalue weighted by Crippen LogP contribution is 2.36. The van der Waals surface area contributed by atoms with Crippen molar-refractivity contribution in [3.63, 3.8) is 0 Å². The third-order valence-corrected chi connectivity index (χ3v) is 7.38. The van der Waals surface area contributed by atoms with E-state index < -0.39 is 23.2 Å². The molecular weight excluding hydrogens is 712 g/mol. The van der Waals surface area contributed by atoms with Gasteiger partial charge in [-0.05, 0) is 105 Å². The molecule has 1 saturated heterocycles. The molecule has 6 nitrogen and oxygen atoms in total. The minimum atomic E-state index is -0.974. The summed E-state index contributed by atoms with van der Waals surface area (Å²) >= 11 is 8.60. The molecule has 0 N–H and O–H groups in total. The minimum Gasteiger partial charge on any atom is -0.487 e. The monoisotopic (exact) mass is 727 g/mol.